The number of nitrogens with one attached hydrogen (secondary N) is 1. The lowest BCUT2D eigenvalue weighted by Gasteiger charge is -2.13. The van der Waals surface area contributed by atoms with E-state index in [1.165, 1.54) is 5.56 Å². The smallest absolute Gasteiger partial charge is 0.225 e. The van der Waals surface area contributed by atoms with Gasteiger partial charge in [0.2, 0.25) is 5.91 Å². The van der Waals surface area contributed by atoms with Gasteiger partial charge in [-0.3, -0.25) is 4.79 Å². The number of hydrogen-bond donors (Lipinski definition) is 1. The first-order valence-electron chi connectivity index (χ1n) is 6.03. The van der Waals surface area contributed by atoms with Crippen molar-refractivity contribution in [3.8, 4) is 0 Å². The molecule has 0 aliphatic carbocycles. The molecule has 19 heavy (non-hydrogen) atoms. The topological polar surface area (TPSA) is 29.1 Å². The average molecular weight is 334 g/mol. The lowest BCUT2D eigenvalue weighted by Crippen LogP contribution is -2.11. The van der Waals surface area contributed by atoms with E-state index in [2.05, 4.69) is 39.4 Å². The Balaban J connectivity index is 1.95. The maximum Gasteiger partial charge on any atom is 0.225 e. The van der Waals surface area contributed by atoms with Crippen molar-refractivity contribution in [2.45, 2.75) is 16.6 Å². The molecular weight excluding hydrogens is 322 g/mol. The van der Waals surface area contributed by atoms with Gasteiger partial charge in [-0.25, -0.2) is 0 Å². The summed E-state index contributed by atoms with van der Waals surface area (Å²) in [4.78, 5) is 13.1. The second-order valence-electron chi connectivity index (χ2n) is 4.41. The Morgan fingerprint density at radius 1 is 1.11 bits per heavy atom. The molecule has 0 aromatic heterocycles. The van der Waals surface area contributed by atoms with Crippen molar-refractivity contribution in [2.75, 3.05) is 5.32 Å². The maximum absolute atomic E-state index is 12.0. The Labute approximate surface area is 124 Å². The first kappa shape index (κ1) is 12.8. The van der Waals surface area contributed by atoms with Gasteiger partial charge in [0.1, 0.15) is 0 Å². The van der Waals surface area contributed by atoms with Crippen LogP contribution in [0.2, 0.25) is 0 Å². The second-order valence-corrected chi connectivity index (χ2v) is 6.57. The highest BCUT2D eigenvalue weighted by Crippen LogP contribution is 2.43. The number of halogens is 1. The van der Waals surface area contributed by atoms with Crippen molar-refractivity contribution in [3.63, 3.8) is 0 Å². The summed E-state index contributed by atoms with van der Waals surface area (Å²) in [6.45, 7) is 0. The summed E-state index contributed by atoms with van der Waals surface area (Å²) in [6, 6.07) is 16.1. The van der Waals surface area contributed by atoms with Crippen molar-refractivity contribution in [2.24, 2.45) is 0 Å². The molecule has 1 N–H and O–H groups in total. The average Bonchev–Trinajstić information content (AvgIpc) is 2.57. The lowest BCUT2D eigenvalue weighted by molar-refractivity contribution is -0.116. The predicted molar refractivity (Wildman–Crippen MR) is 82.4 cm³/mol. The number of carbonyl (C=O) groups is 1. The zero-order valence-corrected chi connectivity index (χ0v) is 12.5. The van der Waals surface area contributed by atoms with E-state index in [0.29, 0.717) is 6.42 Å². The van der Waals surface area contributed by atoms with E-state index < -0.39 is 0 Å². The van der Waals surface area contributed by atoms with E-state index in [1.807, 2.05) is 30.3 Å². The molecule has 1 aliphatic heterocycles. The Morgan fingerprint density at radius 3 is 2.63 bits per heavy atom. The third kappa shape index (κ3) is 2.85. The largest absolute Gasteiger partial charge is 0.325 e. The summed E-state index contributed by atoms with van der Waals surface area (Å²) in [6.07, 6.45) is 0.501. The Kier molecular flexibility index (Phi) is 3.62. The molecule has 1 heterocycles. The molecular formula is C15H12BrNOS. The maximum atomic E-state index is 12.0. The van der Waals surface area contributed by atoms with Crippen LogP contribution in [-0.2, 0) is 4.79 Å². The molecule has 0 bridgehead atoms. The van der Waals surface area contributed by atoms with Gasteiger partial charge in [0.15, 0.2) is 0 Å². The van der Waals surface area contributed by atoms with Gasteiger partial charge in [-0.05, 0) is 29.8 Å². The van der Waals surface area contributed by atoms with Gasteiger partial charge in [-0.2, -0.15) is 0 Å². The standard InChI is InChI=1S/C15H12BrNOS/c16-11-7-5-10(6-8-11)14-9-15(18)17-12-3-1-2-4-13(12)19-14/h1-8,14H,9H2,(H,17,18)/t14-/m1/s1. The highest BCUT2D eigenvalue weighted by atomic mass is 79.9. The molecule has 96 valence electrons. The quantitative estimate of drug-likeness (QED) is 0.824. The number of anilines is 1. The molecule has 1 aliphatic rings. The van der Waals surface area contributed by atoms with Crippen molar-refractivity contribution in [1.29, 1.82) is 0 Å². The van der Waals surface area contributed by atoms with Crippen LogP contribution in [-0.4, -0.2) is 5.91 Å². The molecule has 2 aromatic rings. The van der Waals surface area contributed by atoms with Gasteiger partial charge in [-0.15, -0.1) is 11.8 Å². The molecule has 0 spiro atoms. The van der Waals surface area contributed by atoms with Crippen LogP contribution in [0.15, 0.2) is 57.9 Å². The third-order valence-electron chi connectivity index (χ3n) is 3.04. The van der Waals surface area contributed by atoms with Crippen LogP contribution in [0.25, 0.3) is 0 Å². The fourth-order valence-electron chi connectivity index (χ4n) is 2.10. The minimum atomic E-state index is 0.0744. The summed E-state index contributed by atoms with van der Waals surface area (Å²) < 4.78 is 1.06. The molecule has 3 rings (SSSR count). The van der Waals surface area contributed by atoms with Gasteiger partial charge in [0.25, 0.3) is 0 Å². The zero-order chi connectivity index (χ0) is 13.2. The highest BCUT2D eigenvalue weighted by Gasteiger charge is 2.23. The Morgan fingerprint density at radius 2 is 1.84 bits per heavy atom. The molecule has 0 unspecified atom stereocenters. The third-order valence-corrected chi connectivity index (χ3v) is 4.90. The van der Waals surface area contributed by atoms with E-state index in [-0.39, 0.29) is 11.2 Å². The summed E-state index contributed by atoms with van der Waals surface area (Å²) in [5.74, 6) is 0.0744. The molecule has 2 nitrogen and oxygen atoms in total. The van der Waals surface area contributed by atoms with Crippen molar-refractivity contribution in [3.05, 3.63) is 58.6 Å². The first-order valence-corrected chi connectivity index (χ1v) is 7.70. The molecule has 0 saturated carbocycles. The molecule has 0 saturated heterocycles. The zero-order valence-electron chi connectivity index (χ0n) is 10.1. The van der Waals surface area contributed by atoms with Crippen molar-refractivity contribution in [1.82, 2.24) is 0 Å². The minimum Gasteiger partial charge on any atom is -0.325 e. The molecule has 0 radical (unpaired) electrons. The number of thioether (sulfide) groups is 1. The Bertz CT molecular complexity index is 612. The van der Waals surface area contributed by atoms with Gasteiger partial charge >= 0.3 is 0 Å². The van der Waals surface area contributed by atoms with Crippen LogP contribution < -0.4 is 5.32 Å². The monoisotopic (exact) mass is 333 g/mol. The SMILES string of the molecule is O=C1C[C@H](c2ccc(Br)cc2)Sc2ccccc2N1. The van der Waals surface area contributed by atoms with Gasteiger partial charge in [0.05, 0.1) is 5.69 Å². The molecule has 0 fully saturated rings. The predicted octanol–water partition coefficient (Wildman–Crippen LogP) is 4.62. The van der Waals surface area contributed by atoms with E-state index in [0.717, 1.165) is 15.1 Å². The summed E-state index contributed by atoms with van der Waals surface area (Å²) >= 11 is 5.18. The van der Waals surface area contributed by atoms with Crippen LogP contribution in [0.5, 0.6) is 0 Å². The second kappa shape index (κ2) is 5.39. The fourth-order valence-corrected chi connectivity index (χ4v) is 3.60. The normalized spacial score (nSPS) is 18.4. The number of hydrogen-bond acceptors (Lipinski definition) is 2. The Hall–Kier alpha value is -1.26. The van der Waals surface area contributed by atoms with Crippen LogP contribution in [0.3, 0.4) is 0 Å². The number of amides is 1. The van der Waals surface area contributed by atoms with Crippen molar-refractivity contribution >= 4 is 39.3 Å². The van der Waals surface area contributed by atoms with E-state index in [9.17, 15) is 4.79 Å². The first-order chi connectivity index (χ1) is 9.22. The molecule has 2 aromatic carbocycles. The fraction of sp³-hybridized carbons (Fsp3) is 0.133. The summed E-state index contributed by atoms with van der Waals surface area (Å²) in [5, 5.41) is 3.13. The number of rotatable bonds is 1. The minimum absolute atomic E-state index is 0.0744. The van der Waals surface area contributed by atoms with Crippen LogP contribution in [0, 0.1) is 0 Å². The van der Waals surface area contributed by atoms with Gasteiger partial charge in [-0.1, -0.05) is 40.2 Å². The van der Waals surface area contributed by atoms with Gasteiger partial charge in [0, 0.05) is 21.0 Å². The van der Waals surface area contributed by atoms with E-state index >= 15 is 0 Å². The number of fused-ring (bicyclic) bond motifs is 1. The molecule has 1 atom stereocenters. The molecule has 4 heteroatoms. The van der Waals surface area contributed by atoms with E-state index in [1.54, 1.807) is 11.8 Å². The van der Waals surface area contributed by atoms with E-state index in [4.69, 9.17) is 0 Å². The number of benzene rings is 2. The van der Waals surface area contributed by atoms with Crippen molar-refractivity contribution < 1.29 is 4.79 Å². The highest BCUT2D eigenvalue weighted by molar-refractivity contribution is 9.10. The summed E-state index contributed by atoms with van der Waals surface area (Å²) in [7, 11) is 0. The number of para-hydroxylation sites is 1. The summed E-state index contributed by atoms with van der Waals surface area (Å²) in [5.41, 5.74) is 2.09. The molecule has 1 amide bonds. The lowest BCUT2D eigenvalue weighted by atomic mass is 10.1. The number of carbonyl (C=O) groups excluding carboxylic acids is 1. The van der Waals surface area contributed by atoms with Crippen LogP contribution in [0.4, 0.5) is 5.69 Å². The van der Waals surface area contributed by atoms with Crippen LogP contribution >= 0.6 is 27.7 Å². The van der Waals surface area contributed by atoms with Crippen LogP contribution in [0.1, 0.15) is 17.2 Å². The van der Waals surface area contributed by atoms with Gasteiger partial charge < -0.3 is 5.32 Å².